The van der Waals surface area contributed by atoms with Gasteiger partial charge in [0.25, 0.3) is 0 Å². The molecule has 132 valence electrons. The van der Waals surface area contributed by atoms with E-state index in [0.717, 1.165) is 19.3 Å². The van der Waals surface area contributed by atoms with Crippen LogP contribution >= 0.6 is 0 Å². The zero-order chi connectivity index (χ0) is 17.0. The summed E-state index contributed by atoms with van der Waals surface area (Å²) in [6.45, 7) is 9.82. The summed E-state index contributed by atoms with van der Waals surface area (Å²) < 4.78 is 17.7. The molecule has 1 fully saturated rings. The average molecular weight is 335 g/mol. The molecular formula is C17H34O4S. The Morgan fingerprint density at radius 3 is 2.32 bits per heavy atom. The van der Waals surface area contributed by atoms with Gasteiger partial charge in [-0.25, -0.2) is 0 Å². The largest absolute Gasteiger partial charge is 0.387 e. The van der Waals surface area contributed by atoms with E-state index < -0.39 is 22.7 Å². The van der Waals surface area contributed by atoms with Crippen LogP contribution in [0.3, 0.4) is 0 Å². The van der Waals surface area contributed by atoms with Crippen LogP contribution in [0.5, 0.6) is 0 Å². The van der Waals surface area contributed by atoms with Gasteiger partial charge in [0.2, 0.25) is 0 Å². The molecule has 1 unspecified atom stereocenters. The van der Waals surface area contributed by atoms with Gasteiger partial charge < -0.3 is 14.9 Å². The lowest BCUT2D eigenvalue weighted by molar-refractivity contribution is -0.229. The van der Waals surface area contributed by atoms with Gasteiger partial charge in [0.1, 0.15) is 6.10 Å². The molecular weight excluding hydrogens is 300 g/mol. The number of aliphatic hydroxyl groups is 2. The molecule has 1 aliphatic rings. The fourth-order valence-corrected chi connectivity index (χ4v) is 4.00. The van der Waals surface area contributed by atoms with Gasteiger partial charge in [0.15, 0.2) is 5.79 Å². The summed E-state index contributed by atoms with van der Waals surface area (Å²) in [6, 6.07) is 0. The average Bonchev–Trinajstić information content (AvgIpc) is 2.62. The minimum absolute atomic E-state index is 0.202. The number of hydrogen-bond acceptors (Lipinski definition) is 4. The predicted molar refractivity (Wildman–Crippen MR) is 91.1 cm³/mol. The molecule has 0 aromatic rings. The Bertz CT molecular complexity index is 366. The van der Waals surface area contributed by atoms with Gasteiger partial charge in [-0.15, -0.1) is 0 Å². The highest BCUT2D eigenvalue weighted by Crippen LogP contribution is 2.38. The highest BCUT2D eigenvalue weighted by atomic mass is 32.2. The van der Waals surface area contributed by atoms with Crippen LogP contribution in [0.25, 0.3) is 0 Å². The van der Waals surface area contributed by atoms with Gasteiger partial charge in [0.05, 0.1) is 11.9 Å². The van der Waals surface area contributed by atoms with Crippen molar-refractivity contribution in [1.29, 1.82) is 0 Å². The molecule has 1 rings (SSSR count). The van der Waals surface area contributed by atoms with Crippen LogP contribution in [-0.4, -0.2) is 42.9 Å². The lowest BCUT2D eigenvalue weighted by Gasteiger charge is -2.27. The fourth-order valence-electron chi connectivity index (χ4n) is 2.83. The molecule has 0 aromatic heterocycles. The van der Waals surface area contributed by atoms with Crippen LogP contribution in [0.15, 0.2) is 0 Å². The van der Waals surface area contributed by atoms with E-state index in [-0.39, 0.29) is 16.8 Å². The Kier molecular flexibility index (Phi) is 7.50. The van der Waals surface area contributed by atoms with E-state index >= 15 is 0 Å². The maximum absolute atomic E-state index is 12.3. The second-order valence-electron chi connectivity index (χ2n) is 7.59. The summed E-state index contributed by atoms with van der Waals surface area (Å²) >= 11 is 0. The van der Waals surface area contributed by atoms with Crippen molar-refractivity contribution in [3.8, 4) is 0 Å². The second kappa shape index (κ2) is 8.22. The normalized spacial score (nSPS) is 34.0. The lowest BCUT2D eigenvalue weighted by Crippen LogP contribution is -2.40. The predicted octanol–water partition coefficient (Wildman–Crippen LogP) is 2.98. The Morgan fingerprint density at radius 2 is 1.77 bits per heavy atom. The number of rotatable bonds is 8. The number of aliphatic hydroxyl groups excluding tert-OH is 1. The minimum Gasteiger partial charge on any atom is -0.387 e. The third-order valence-corrected chi connectivity index (χ3v) is 6.54. The summed E-state index contributed by atoms with van der Waals surface area (Å²) in [5.41, 5.74) is 0. The van der Waals surface area contributed by atoms with Crippen molar-refractivity contribution in [3.63, 3.8) is 0 Å². The molecule has 2 N–H and O–H groups in total. The van der Waals surface area contributed by atoms with Crippen LogP contribution in [0.1, 0.15) is 73.1 Å². The summed E-state index contributed by atoms with van der Waals surface area (Å²) in [5, 5.41) is 20.9. The van der Waals surface area contributed by atoms with E-state index in [4.69, 9.17) is 4.74 Å². The highest BCUT2D eigenvalue weighted by molar-refractivity contribution is 7.86. The fraction of sp³-hybridized carbons (Fsp3) is 1.00. The third kappa shape index (κ3) is 5.29. The van der Waals surface area contributed by atoms with Crippen molar-refractivity contribution in [2.24, 2.45) is 5.92 Å². The first-order valence-electron chi connectivity index (χ1n) is 8.58. The molecule has 1 heterocycles. The van der Waals surface area contributed by atoms with E-state index in [1.807, 2.05) is 27.7 Å². The first-order valence-corrected chi connectivity index (χ1v) is 9.90. The summed E-state index contributed by atoms with van der Waals surface area (Å²) in [5.74, 6) is -1.31. The Morgan fingerprint density at radius 1 is 1.18 bits per heavy atom. The van der Waals surface area contributed by atoms with Crippen molar-refractivity contribution in [3.05, 3.63) is 0 Å². The summed E-state index contributed by atoms with van der Waals surface area (Å²) in [6.07, 6.45) is 4.61. The van der Waals surface area contributed by atoms with E-state index in [1.54, 1.807) is 0 Å². The van der Waals surface area contributed by atoms with E-state index in [1.165, 1.54) is 12.8 Å². The molecule has 0 bridgehead atoms. The van der Waals surface area contributed by atoms with Crippen LogP contribution in [-0.2, 0) is 15.5 Å². The topological polar surface area (TPSA) is 66.8 Å². The summed E-state index contributed by atoms with van der Waals surface area (Å²) in [4.78, 5) is 0. The molecule has 0 aliphatic carbocycles. The van der Waals surface area contributed by atoms with Crippen LogP contribution in [0.4, 0.5) is 0 Å². The van der Waals surface area contributed by atoms with Crippen molar-refractivity contribution < 1.29 is 19.2 Å². The molecule has 0 saturated carbocycles. The Balaban J connectivity index is 2.55. The number of hydrogen-bond donors (Lipinski definition) is 2. The van der Waals surface area contributed by atoms with Crippen LogP contribution in [0.2, 0.25) is 0 Å². The highest BCUT2D eigenvalue weighted by Gasteiger charge is 2.51. The Hall–Kier alpha value is 0.0300. The standard InChI is InChI=1S/C17H34O4S/c1-6-7-8-9-10-11-17(19)15(18)13(2)14(21-17)12-22(20)16(3,4)5/h13-15,18-19H,6-12H2,1-5H3/t13-,14+,15+,17-,22?/m0/s1. The molecule has 1 aliphatic heterocycles. The van der Waals surface area contributed by atoms with Crippen LogP contribution < -0.4 is 0 Å². The molecule has 0 amide bonds. The first-order chi connectivity index (χ1) is 10.1. The van der Waals surface area contributed by atoms with E-state index in [0.29, 0.717) is 12.2 Å². The van der Waals surface area contributed by atoms with Crippen LogP contribution in [0, 0.1) is 5.92 Å². The molecule has 0 aromatic carbocycles. The maximum atomic E-state index is 12.3. The first kappa shape index (κ1) is 20.1. The van der Waals surface area contributed by atoms with Gasteiger partial charge in [-0.2, -0.15) is 0 Å². The van der Waals surface area contributed by atoms with Gasteiger partial charge in [-0.3, -0.25) is 4.21 Å². The monoisotopic (exact) mass is 334 g/mol. The van der Waals surface area contributed by atoms with E-state index in [2.05, 4.69) is 6.92 Å². The Labute approximate surface area is 138 Å². The van der Waals surface area contributed by atoms with Gasteiger partial charge in [0, 0.05) is 27.9 Å². The van der Waals surface area contributed by atoms with Gasteiger partial charge >= 0.3 is 0 Å². The van der Waals surface area contributed by atoms with Gasteiger partial charge in [-0.1, -0.05) is 39.5 Å². The molecule has 0 radical (unpaired) electrons. The van der Waals surface area contributed by atoms with Crippen molar-refractivity contribution in [1.82, 2.24) is 0 Å². The molecule has 1 saturated heterocycles. The molecule has 0 spiro atoms. The zero-order valence-electron chi connectivity index (χ0n) is 14.8. The third-order valence-electron chi connectivity index (χ3n) is 4.54. The van der Waals surface area contributed by atoms with Crippen molar-refractivity contribution >= 4 is 10.8 Å². The molecule has 5 atom stereocenters. The quantitative estimate of drug-likeness (QED) is 0.670. The maximum Gasteiger partial charge on any atom is 0.192 e. The molecule has 4 nitrogen and oxygen atoms in total. The van der Waals surface area contributed by atoms with Crippen molar-refractivity contribution in [2.45, 2.75) is 95.9 Å². The van der Waals surface area contributed by atoms with Gasteiger partial charge in [-0.05, 0) is 27.2 Å². The number of ether oxygens (including phenoxy) is 1. The smallest absolute Gasteiger partial charge is 0.192 e. The SMILES string of the molecule is CCCCCCC[C@]1(O)O[C@H](CS(=O)C(C)(C)C)[C@H](C)[C@H]1O. The van der Waals surface area contributed by atoms with E-state index in [9.17, 15) is 14.4 Å². The second-order valence-corrected chi connectivity index (χ2v) is 9.84. The summed E-state index contributed by atoms with van der Waals surface area (Å²) in [7, 11) is -1.05. The lowest BCUT2D eigenvalue weighted by atomic mass is 9.94. The number of unbranched alkanes of at least 4 members (excludes halogenated alkanes) is 4. The van der Waals surface area contributed by atoms with Crippen molar-refractivity contribution in [2.75, 3.05) is 5.75 Å². The minimum atomic E-state index is -1.47. The zero-order valence-corrected chi connectivity index (χ0v) is 15.6. The molecule has 5 heteroatoms. The molecule has 22 heavy (non-hydrogen) atoms.